The van der Waals surface area contributed by atoms with Gasteiger partial charge in [0.15, 0.2) is 0 Å². The highest BCUT2D eigenvalue weighted by Crippen LogP contribution is 2.33. The predicted molar refractivity (Wildman–Crippen MR) is 86.2 cm³/mol. The van der Waals surface area contributed by atoms with E-state index in [-0.39, 0.29) is 16.7 Å². The van der Waals surface area contributed by atoms with Gasteiger partial charge in [-0.15, -0.1) is 0 Å². The minimum absolute atomic E-state index is 0.0250. The van der Waals surface area contributed by atoms with Crippen molar-refractivity contribution in [1.82, 2.24) is 0 Å². The van der Waals surface area contributed by atoms with E-state index in [1.165, 1.54) is 6.07 Å². The summed E-state index contributed by atoms with van der Waals surface area (Å²) in [5.74, 6) is -1.03. The molecule has 0 aliphatic heterocycles. The third-order valence-corrected chi connectivity index (χ3v) is 3.34. The zero-order chi connectivity index (χ0) is 15.6. The van der Waals surface area contributed by atoms with Gasteiger partial charge in [-0.05, 0) is 29.2 Å². The Morgan fingerprint density at radius 3 is 2.29 bits per heavy atom. The third kappa shape index (κ3) is 3.16. The molecule has 2 rings (SSSR count). The highest BCUT2D eigenvalue weighted by atomic mass is 16.4. The van der Waals surface area contributed by atoms with E-state index in [0.717, 1.165) is 11.3 Å². The van der Waals surface area contributed by atoms with Gasteiger partial charge in [0.1, 0.15) is 0 Å². The molecule has 4 nitrogen and oxygen atoms in total. The fraction of sp³-hybridized carbons (Fsp3) is 0.235. The standard InChI is InChI=1S/C17H20N2O2/c1-17(2,3)12-8-4-5-9-13(12)19-14-10-6-7-11(15(14)18)16(20)21/h4-10,19H,18H2,1-3H3,(H,20,21). The molecule has 0 aliphatic rings. The second-order valence-electron chi connectivity index (χ2n) is 5.99. The fourth-order valence-corrected chi connectivity index (χ4v) is 2.25. The molecule has 0 saturated heterocycles. The van der Waals surface area contributed by atoms with Crippen LogP contribution in [0.1, 0.15) is 36.7 Å². The maximum Gasteiger partial charge on any atom is 0.337 e. The Morgan fingerprint density at radius 1 is 1.05 bits per heavy atom. The largest absolute Gasteiger partial charge is 0.478 e. The molecular formula is C17H20N2O2. The lowest BCUT2D eigenvalue weighted by molar-refractivity contribution is 0.0698. The third-order valence-electron chi connectivity index (χ3n) is 3.34. The number of nitrogens with two attached hydrogens (primary N) is 1. The van der Waals surface area contributed by atoms with Crippen LogP contribution in [0, 0.1) is 0 Å². The number of aromatic carboxylic acids is 1. The van der Waals surface area contributed by atoms with Gasteiger partial charge in [0.05, 0.1) is 16.9 Å². The Balaban J connectivity index is 2.45. The van der Waals surface area contributed by atoms with Crippen LogP contribution in [-0.4, -0.2) is 11.1 Å². The van der Waals surface area contributed by atoms with Crippen LogP contribution in [0.3, 0.4) is 0 Å². The average molecular weight is 284 g/mol. The van der Waals surface area contributed by atoms with E-state index in [0.29, 0.717) is 5.69 Å². The van der Waals surface area contributed by atoms with Crippen molar-refractivity contribution in [2.75, 3.05) is 11.1 Å². The van der Waals surface area contributed by atoms with Crippen LogP contribution in [-0.2, 0) is 5.41 Å². The van der Waals surface area contributed by atoms with Crippen LogP contribution in [0.15, 0.2) is 42.5 Å². The van der Waals surface area contributed by atoms with Crippen molar-refractivity contribution in [2.24, 2.45) is 0 Å². The molecule has 4 heteroatoms. The van der Waals surface area contributed by atoms with Gasteiger partial charge in [0.2, 0.25) is 0 Å². The highest BCUT2D eigenvalue weighted by molar-refractivity contribution is 5.97. The summed E-state index contributed by atoms with van der Waals surface area (Å²) in [4.78, 5) is 11.1. The molecule has 0 fully saturated rings. The summed E-state index contributed by atoms with van der Waals surface area (Å²) < 4.78 is 0. The molecule has 0 bridgehead atoms. The molecule has 4 N–H and O–H groups in total. The molecule has 0 amide bonds. The van der Waals surface area contributed by atoms with Crippen LogP contribution < -0.4 is 11.1 Å². The Bertz CT molecular complexity index is 673. The summed E-state index contributed by atoms with van der Waals surface area (Å²) in [6.45, 7) is 6.39. The number of hydrogen-bond acceptors (Lipinski definition) is 3. The van der Waals surface area contributed by atoms with Crippen molar-refractivity contribution in [3.63, 3.8) is 0 Å². The maximum atomic E-state index is 11.1. The second kappa shape index (κ2) is 5.48. The van der Waals surface area contributed by atoms with Crippen LogP contribution in [0.4, 0.5) is 17.1 Å². The quantitative estimate of drug-likeness (QED) is 0.744. The number of nitrogen functional groups attached to an aromatic ring is 1. The van der Waals surface area contributed by atoms with Crippen LogP contribution in [0.5, 0.6) is 0 Å². The molecule has 0 aromatic heterocycles. The molecular weight excluding hydrogens is 264 g/mol. The number of carbonyl (C=O) groups is 1. The summed E-state index contributed by atoms with van der Waals surface area (Å²) in [7, 11) is 0. The van der Waals surface area contributed by atoms with Gasteiger partial charge in [-0.3, -0.25) is 0 Å². The molecule has 0 radical (unpaired) electrons. The van der Waals surface area contributed by atoms with Crippen LogP contribution >= 0.6 is 0 Å². The molecule has 0 saturated carbocycles. The fourth-order valence-electron chi connectivity index (χ4n) is 2.25. The van der Waals surface area contributed by atoms with Gasteiger partial charge in [0, 0.05) is 5.69 Å². The zero-order valence-corrected chi connectivity index (χ0v) is 12.5. The molecule has 21 heavy (non-hydrogen) atoms. The summed E-state index contributed by atoms with van der Waals surface area (Å²) in [6, 6.07) is 12.9. The number of benzene rings is 2. The van der Waals surface area contributed by atoms with E-state index in [2.05, 4.69) is 32.2 Å². The Hall–Kier alpha value is -2.49. The topological polar surface area (TPSA) is 75.3 Å². The van der Waals surface area contributed by atoms with Crippen molar-refractivity contribution >= 4 is 23.0 Å². The Kier molecular flexibility index (Phi) is 3.89. The summed E-state index contributed by atoms with van der Waals surface area (Å²) in [6.07, 6.45) is 0. The highest BCUT2D eigenvalue weighted by Gasteiger charge is 2.18. The Morgan fingerprint density at radius 2 is 1.67 bits per heavy atom. The van der Waals surface area contributed by atoms with Crippen LogP contribution in [0.25, 0.3) is 0 Å². The van der Waals surface area contributed by atoms with Crippen LogP contribution in [0.2, 0.25) is 0 Å². The first kappa shape index (κ1) is 14.9. The van der Waals surface area contributed by atoms with E-state index < -0.39 is 5.97 Å². The first-order valence-corrected chi connectivity index (χ1v) is 6.79. The van der Waals surface area contributed by atoms with Gasteiger partial charge in [-0.25, -0.2) is 4.79 Å². The first-order valence-electron chi connectivity index (χ1n) is 6.79. The average Bonchev–Trinajstić information content (AvgIpc) is 2.40. The summed E-state index contributed by atoms with van der Waals surface area (Å²) >= 11 is 0. The van der Waals surface area contributed by atoms with E-state index in [1.54, 1.807) is 12.1 Å². The van der Waals surface area contributed by atoms with Gasteiger partial charge in [-0.2, -0.15) is 0 Å². The lowest BCUT2D eigenvalue weighted by Gasteiger charge is -2.24. The van der Waals surface area contributed by atoms with Crippen molar-refractivity contribution in [3.8, 4) is 0 Å². The van der Waals surface area contributed by atoms with Gasteiger partial charge >= 0.3 is 5.97 Å². The molecule has 110 valence electrons. The number of hydrogen-bond donors (Lipinski definition) is 3. The Labute approximate surface area is 124 Å². The van der Waals surface area contributed by atoms with E-state index in [4.69, 9.17) is 10.8 Å². The monoisotopic (exact) mass is 284 g/mol. The van der Waals surface area contributed by atoms with Crippen molar-refractivity contribution < 1.29 is 9.90 Å². The van der Waals surface area contributed by atoms with Crippen molar-refractivity contribution in [2.45, 2.75) is 26.2 Å². The number of rotatable bonds is 3. The summed E-state index contributed by atoms with van der Waals surface area (Å²) in [5.41, 5.74) is 8.95. The van der Waals surface area contributed by atoms with Gasteiger partial charge < -0.3 is 16.2 Å². The number of para-hydroxylation sites is 2. The van der Waals surface area contributed by atoms with Crippen molar-refractivity contribution in [1.29, 1.82) is 0 Å². The second-order valence-corrected chi connectivity index (χ2v) is 5.99. The number of carboxylic acids is 1. The van der Waals surface area contributed by atoms with E-state index in [9.17, 15) is 4.79 Å². The minimum Gasteiger partial charge on any atom is -0.478 e. The van der Waals surface area contributed by atoms with Crippen molar-refractivity contribution in [3.05, 3.63) is 53.6 Å². The lowest BCUT2D eigenvalue weighted by Crippen LogP contribution is -2.14. The lowest BCUT2D eigenvalue weighted by atomic mass is 9.86. The number of nitrogens with one attached hydrogen (secondary N) is 1. The van der Waals surface area contributed by atoms with E-state index in [1.807, 2.05) is 18.2 Å². The summed E-state index contributed by atoms with van der Waals surface area (Å²) in [5, 5.41) is 12.4. The molecule has 0 heterocycles. The molecule has 0 aliphatic carbocycles. The minimum atomic E-state index is -1.03. The predicted octanol–water partition coefficient (Wildman–Crippen LogP) is 4.01. The number of carboxylic acid groups (broad SMARTS) is 1. The molecule has 2 aromatic rings. The molecule has 0 unspecified atom stereocenters. The smallest absolute Gasteiger partial charge is 0.337 e. The SMILES string of the molecule is CC(C)(C)c1ccccc1Nc1cccc(C(=O)O)c1N. The molecule has 2 aromatic carbocycles. The normalized spacial score (nSPS) is 11.2. The molecule has 0 atom stereocenters. The van der Waals surface area contributed by atoms with Gasteiger partial charge in [-0.1, -0.05) is 45.0 Å². The van der Waals surface area contributed by atoms with Gasteiger partial charge in [0.25, 0.3) is 0 Å². The molecule has 0 spiro atoms. The number of anilines is 3. The first-order chi connectivity index (χ1) is 9.80. The zero-order valence-electron chi connectivity index (χ0n) is 12.5. The van der Waals surface area contributed by atoms with E-state index >= 15 is 0 Å². The maximum absolute atomic E-state index is 11.1.